The van der Waals surface area contributed by atoms with Crippen LogP contribution in [0.1, 0.15) is 29.5 Å². The lowest BCUT2D eigenvalue weighted by Crippen LogP contribution is -2.14. The summed E-state index contributed by atoms with van der Waals surface area (Å²) in [6, 6.07) is 2.93. The number of benzene rings is 1. The van der Waals surface area contributed by atoms with E-state index in [1.807, 2.05) is 6.92 Å². The van der Waals surface area contributed by atoms with Crippen LogP contribution in [0.3, 0.4) is 0 Å². The molecule has 2 rings (SSSR count). The highest BCUT2D eigenvalue weighted by Gasteiger charge is 2.18. The summed E-state index contributed by atoms with van der Waals surface area (Å²) in [6.45, 7) is 2.01. The molecule has 4 N–H and O–H groups in total. The van der Waals surface area contributed by atoms with E-state index in [4.69, 9.17) is 40.5 Å². The number of carbonyl (C=O) groups excluding carboxylic acids is 1. The fourth-order valence-electron chi connectivity index (χ4n) is 1.80. The number of hydrogen-bond acceptors (Lipinski definition) is 3. The summed E-state index contributed by atoms with van der Waals surface area (Å²) in [7, 11) is 0. The molecule has 0 radical (unpaired) electrons. The first-order valence-electron chi connectivity index (χ1n) is 6.22. The first kappa shape index (κ1) is 15.9. The van der Waals surface area contributed by atoms with Crippen molar-refractivity contribution < 1.29 is 4.79 Å². The molecular formula is C13H13Cl3N4O. The van der Waals surface area contributed by atoms with Crippen LogP contribution in [-0.4, -0.2) is 16.1 Å². The van der Waals surface area contributed by atoms with Crippen molar-refractivity contribution >= 4 is 52.1 Å². The van der Waals surface area contributed by atoms with Crippen molar-refractivity contribution in [3.8, 4) is 0 Å². The number of anilines is 2. The maximum Gasteiger partial charge on any atom is 0.278 e. The molecule has 1 aromatic heterocycles. The quantitative estimate of drug-likeness (QED) is 0.726. The molecule has 5 nitrogen and oxygen atoms in total. The number of halogens is 3. The van der Waals surface area contributed by atoms with Gasteiger partial charge < -0.3 is 11.1 Å². The zero-order chi connectivity index (χ0) is 15.6. The Bertz CT molecular complexity index is 684. The van der Waals surface area contributed by atoms with Crippen LogP contribution < -0.4 is 11.1 Å². The summed E-state index contributed by atoms with van der Waals surface area (Å²) < 4.78 is 0. The Morgan fingerprint density at radius 2 is 1.95 bits per heavy atom. The molecule has 0 saturated carbocycles. The van der Waals surface area contributed by atoms with E-state index in [-0.39, 0.29) is 15.7 Å². The van der Waals surface area contributed by atoms with Gasteiger partial charge in [-0.25, -0.2) is 0 Å². The number of nitrogens with two attached hydrogens (primary N) is 1. The molecule has 1 aromatic carbocycles. The van der Waals surface area contributed by atoms with Gasteiger partial charge in [0.2, 0.25) is 0 Å². The number of H-pyrrole nitrogens is 1. The topological polar surface area (TPSA) is 83.8 Å². The van der Waals surface area contributed by atoms with Crippen LogP contribution in [0.2, 0.25) is 15.1 Å². The molecule has 0 fully saturated rings. The molecule has 0 unspecified atom stereocenters. The van der Waals surface area contributed by atoms with Crippen molar-refractivity contribution in [3.05, 3.63) is 38.6 Å². The first-order chi connectivity index (χ1) is 9.93. The molecule has 0 aliphatic carbocycles. The highest BCUT2D eigenvalue weighted by molar-refractivity contribution is 6.44. The third-order valence-electron chi connectivity index (χ3n) is 2.86. The molecule has 2 aromatic rings. The standard InChI is InChI=1S/C13H13Cl3N4O/c1-2-3-9-11(17)12(20-19-9)13(21)18-10-5-7(15)6(14)4-8(10)16/h4-5H,2-3,17H2,1H3,(H,18,21)(H,19,20). The Balaban J connectivity index is 2.24. The van der Waals surface area contributed by atoms with Crippen molar-refractivity contribution in [2.45, 2.75) is 19.8 Å². The lowest BCUT2D eigenvalue weighted by molar-refractivity contribution is 0.102. The molecule has 0 aliphatic heterocycles. The van der Waals surface area contributed by atoms with Gasteiger partial charge in [-0.05, 0) is 18.6 Å². The number of hydrogen-bond donors (Lipinski definition) is 3. The lowest BCUT2D eigenvalue weighted by Gasteiger charge is -2.08. The van der Waals surface area contributed by atoms with Gasteiger partial charge in [0.1, 0.15) is 0 Å². The van der Waals surface area contributed by atoms with Gasteiger partial charge in [-0.15, -0.1) is 0 Å². The van der Waals surface area contributed by atoms with E-state index < -0.39 is 5.91 Å². The third kappa shape index (κ3) is 3.43. The van der Waals surface area contributed by atoms with Crippen LogP contribution in [0.15, 0.2) is 12.1 Å². The second-order valence-corrected chi connectivity index (χ2v) is 5.64. The number of aryl methyl sites for hydroxylation is 1. The molecule has 1 amide bonds. The molecular weight excluding hydrogens is 335 g/mol. The zero-order valence-corrected chi connectivity index (χ0v) is 13.4. The second kappa shape index (κ2) is 6.56. The number of nitrogen functional groups attached to an aromatic ring is 1. The summed E-state index contributed by atoms with van der Waals surface area (Å²) >= 11 is 17.8. The van der Waals surface area contributed by atoms with Gasteiger partial charge in [0.15, 0.2) is 5.69 Å². The number of rotatable bonds is 4. The average Bonchev–Trinajstić information content (AvgIpc) is 2.78. The van der Waals surface area contributed by atoms with Gasteiger partial charge in [0.05, 0.1) is 32.1 Å². The highest BCUT2D eigenvalue weighted by atomic mass is 35.5. The molecule has 0 atom stereocenters. The minimum Gasteiger partial charge on any atom is -0.395 e. The minimum absolute atomic E-state index is 0.126. The normalized spacial score (nSPS) is 10.7. The largest absolute Gasteiger partial charge is 0.395 e. The maximum atomic E-state index is 12.2. The summed E-state index contributed by atoms with van der Waals surface area (Å²) in [5.41, 5.74) is 7.45. The Kier molecular flexibility index (Phi) is 4.98. The van der Waals surface area contributed by atoms with E-state index in [1.165, 1.54) is 12.1 Å². The molecule has 8 heteroatoms. The van der Waals surface area contributed by atoms with Crippen molar-refractivity contribution in [1.82, 2.24) is 10.2 Å². The Morgan fingerprint density at radius 3 is 2.62 bits per heavy atom. The third-order valence-corrected chi connectivity index (χ3v) is 3.89. The van der Waals surface area contributed by atoms with Gasteiger partial charge in [0, 0.05) is 0 Å². The zero-order valence-electron chi connectivity index (χ0n) is 11.1. The smallest absolute Gasteiger partial charge is 0.278 e. The van der Waals surface area contributed by atoms with Crippen molar-refractivity contribution in [1.29, 1.82) is 0 Å². The van der Waals surface area contributed by atoms with E-state index in [1.54, 1.807) is 0 Å². The first-order valence-corrected chi connectivity index (χ1v) is 7.36. The molecule has 21 heavy (non-hydrogen) atoms. The number of carbonyl (C=O) groups is 1. The summed E-state index contributed by atoms with van der Waals surface area (Å²) in [5, 5.41) is 10.2. The Morgan fingerprint density at radius 1 is 1.29 bits per heavy atom. The van der Waals surface area contributed by atoms with Crippen LogP contribution in [0, 0.1) is 0 Å². The predicted octanol–water partition coefficient (Wildman–Crippen LogP) is 4.16. The molecule has 0 bridgehead atoms. The lowest BCUT2D eigenvalue weighted by atomic mass is 10.2. The molecule has 0 aliphatic rings. The predicted molar refractivity (Wildman–Crippen MR) is 86.4 cm³/mol. The van der Waals surface area contributed by atoms with Crippen molar-refractivity contribution in [3.63, 3.8) is 0 Å². The van der Waals surface area contributed by atoms with Crippen molar-refractivity contribution in [2.24, 2.45) is 0 Å². The Labute approximate surface area is 136 Å². The number of aromatic nitrogens is 2. The molecule has 0 saturated heterocycles. The molecule has 0 spiro atoms. The fraction of sp³-hybridized carbons (Fsp3) is 0.231. The SMILES string of the molecule is CCCc1[nH]nc(C(=O)Nc2cc(Cl)c(Cl)cc2Cl)c1N. The van der Waals surface area contributed by atoms with Crippen molar-refractivity contribution in [2.75, 3.05) is 11.1 Å². The molecule has 1 heterocycles. The van der Waals surface area contributed by atoms with Crippen LogP contribution in [-0.2, 0) is 6.42 Å². The van der Waals surface area contributed by atoms with E-state index in [0.29, 0.717) is 16.4 Å². The average molecular weight is 348 g/mol. The van der Waals surface area contributed by atoms with Gasteiger partial charge >= 0.3 is 0 Å². The number of aromatic amines is 1. The van der Waals surface area contributed by atoms with Gasteiger partial charge in [0.25, 0.3) is 5.91 Å². The highest BCUT2D eigenvalue weighted by Crippen LogP contribution is 2.32. The van der Waals surface area contributed by atoms with Crippen LogP contribution in [0.25, 0.3) is 0 Å². The van der Waals surface area contributed by atoms with E-state index in [9.17, 15) is 4.79 Å². The minimum atomic E-state index is -0.466. The number of nitrogens with one attached hydrogen (secondary N) is 2. The van der Waals surface area contributed by atoms with Crippen LogP contribution in [0.5, 0.6) is 0 Å². The summed E-state index contributed by atoms with van der Waals surface area (Å²) in [5.74, 6) is -0.466. The fourth-order valence-corrected chi connectivity index (χ4v) is 2.39. The number of amides is 1. The van der Waals surface area contributed by atoms with E-state index >= 15 is 0 Å². The number of nitrogens with zero attached hydrogens (tertiary/aromatic N) is 1. The summed E-state index contributed by atoms with van der Waals surface area (Å²) in [6.07, 6.45) is 1.62. The van der Waals surface area contributed by atoms with Gasteiger partial charge in [-0.3, -0.25) is 9.89 Å². The maximum absolute atomic E-state index is 12.2. The van der Waals surface area contributed by atoms with Crippen LogP contribution in [0.4, 0.5) is 11.4 Å². The van der Waals surface area contributed by atoms with Crippen LogP contribution >= 0.6 is 34.8 Å². The van der Waals surface area contributed by atoms with Gasteiger partial charge in [-0.1, -0.05) is 48.1 Å². The molecule has 112 valence electrons. The monoisotopic (exact) mass is 346 g/mol. The summed E-state index contributed by atoms with van der Waals surface area (Å²) in [4.78, 5) is 12.2. The Hall–Kier alpha value is -1.43. The second-order valence-electron chi connectivity index (χ2n) is 4.41. The van der Waals surface area contributed by atoms with Gasteiger partial charge in [-0.2, -0.15) is 5.10 Å². The van der Waals surface area contributed by atoms with E-state index in [0.717, 1.165) is 18.5 Å². The van der Waals surface area contributed by atoms with E-state index in [2.05, 4.69) is 15.5 Å².